The molecular weight excluding hydrogens is 271 g/mol. The maximum Gasteiger partial charge on any atom is 0.243 e. The van der Waals surface area contributed by atoms with Gasteiger partial charge in [-0.15, -0.1) is 0 Å². The maximum atomic E-state index is 12.9. The van der Waals surface area contributed by atoms with Crippen molar-refractivity contribution in [3.8, 4) is 0 Å². The SMILES string of the molecule is NC12CCN(S(=O)(=O)c3ccc(F)cc3)C1COC2. The highest BCUT2D eigenvalue weighted by Crippen LogP contribution is 2.35. The lowest BCUT2D eigenvalue weighted by Crippen LogP contribution is -2.51. The van der Waals surface area contributed by atoms with Crippen LogP contribution in [0.2, 0.25) is 0 Å². The van der Waals surface area contributed by atoms with Crippen LogP contribution in [0.15, 0.2) is 29.2 Å². The molecule has 0 aliphatic carbocycles. The highest BCUT2D eigenvalue weighted by molar-refractivity contribution is 7.89. The molecule has 2 fully saturated rings. The molecule has 0 bridgehead atoms. The van der Waals surface area contributed by atoms with Crippen molar-refractivity contribution >= 4 is 10.0 Å². The quantitative estimate of drug-likeness (QED) is 0.849. The molecule has 7 heteroatoms. The molecule has 2 aliphatic rings. The Kier molecular flexibility index (Phi) is 2.90. The monoisotopic (exact) mass is 286 g/mol. The van der Waals surface area contributed by atoms with Gasteiger partial charge in [-0.05, 0) is 30.7 Å². The summed E-state index contributed by atoms with van der Waals surface area (Å²) in [6.07, 6.45) is 0.581. The van der Waals surface area contributed by atoms with Crippen LogP contribution in [0.5, 0.6) is 0 Å². The molecule has 1 aromatic carbocycles. The van der Waals surface area contributed by atoms with Gasteiger partial charge in [0, 0.05) is 6.54 Å². The molecule has 3 rings (SSSR count). The van der Waals surface area contributed by atoms with Crippen molar-refractivity contribution < 1.29 is 17.5 Å². The molecule has 2 aliphatic heterocycles. The van der Waals surface area contributed by atoms with Gasteiger partial charge >= 0.3 is 0 Å². The van der Waals surface area contributed by atoms with Gasteiger partial charge in [0.2, 0.25) is 10.0 Å². The molecule has 1 aromatic rings. The van der Waals surface area contributed by atoms with Crippen molar-refractivity contribution in [2.24, 2.45) is 5.73 Å². The number of ether oxygens (including phenoxy) is 1. The van der Waals surface area contributed by atoms with Gasteiger partial charge in [-0.3, -0.25) is 0 Å². The second-order valence-electron chi connectivity index (χ2n) is 5.08. The molecule has 104 valence electrons. The maximum absolute atomic E-state index is 12.9. The van der Waals surface area contributed by atoms with Crippen molar-refractivity contribution in [2.75, 3.05) is 19.8 Å². The number of sulfonamides is 1. The van der Waals surface area contributed by atoms with Crippen molar-refractivity contribution in [1.82, 2.24) is 4.31 Å². The zero-order valence-electron chi connectivity index (χ0n) is 10.3. The minimum atomic E-state index is -3.64. The van der Waals surface area contributed by atoms with Gasteiger partial charge in [0.25, 0.3) is 0 Å². The van der Waals surface area contributed by atoms with Gasteiger partial charge in [-0.1, -0.05) is 0 Å². The van der Waals surface area contributed by atoms with E-state index in [1.807, 2.05) is 0 Å². The lowest BCUT2D eigenvalue weighted by molar-refractivity contribution is 0.163. The molecule has 2 unspecified atom stereocenters. The van der Waals surface area contributed by atoms with Gasteiger partial charge in [-0.2, -0.15) is 4.31 Å². The zero-order valence-corrected chi connectivity index (χ0v) is 11.1. The van der Waals surface area contributed by atoms with Gasteiger partial charge < -0.3 is 10.5 Å². The van der Waals surface area contributed by atoms with Crippen LogP contribution in [0, 0.1) is 5.82 Å². The van der Waals surface area contributed by atoms with Crippen LogP contribution in [-0.4, -0.2) is 44.1 Å². The number of halogens is 1. The fourth-order valence-corrected chi connectivity index (χ4v) is 4.42. The predicted octanol–water partition coefficient (Wildman–Crippen LogP) is 0.316. The predicted molar refractivity (Wildman–Crippen MR) is 66.4 cm³/mol. The van der Waals surface area contributed by atoms with E-state index in [1.165, 1.54) is 16.4 Å². The third kappa shape index (κ3) is 1.97. The molecule has 2 N–H and O–H groups in total. The summed E-state index contributed by atoms with van der Waals surface area (Å²) in [7, 11) is -3.64. The summed E-state index contributed by atoms with van der Waals surface area (Å²) in [5.74, 6) is -0.460. The summed E-state index contributed by atoms with van der Waals surface area (Å²) >= 11 is 0. The van der Waals surface area contributed by atoms with Crippen LogP contribution >= 0.6 is 0 Å². The van der Waals surface area contributed by atoms with Crippen molar-refractivity contribution in [1.29, 1.82) is 0 Å². The van der Waals surface area contributed by atoms with Crippen LogP contribution in [0.4, 0.5) is 4.39 Å². The van der Waals surface area contributed by atoms with Crippen LogP contribution in [0.25, 0.3) is 0 Å². The van der Waals surface area contributed by atoms with Gasteiger partial charge in [0.05, 0.1) is 29.7 Å². The number of hydrogen-bond acceptors (Lipinski definition) is 4. The minimum absolute atomic E-state index is 0.0880. The summed E-state index contributed by atoms with van der Waals surface area (Å²) < 4.78 is 44.6. The average molecular weight is 286 g/mol. The molecule has 0 amide bonds. The number of nitrogens with zero attached hydrogens (tertiary/aromatic N) is 1. The second-order valence-corrected chi connectivity index (χ2v) is 6.97. The molecule has 0 aromatic heterocycles. The van der Waals surface area contributed by atoms with Crippen molar-refractivity contribution in [2.45, 2.75) is 22.9 Å². The molecule has 2 heterocycles. The Morgan fingerprint density at radius 1 is 1.37 bits per heavy atom. The van der Waals surface area contributed by atoms with Crippen molar-refractivity contribution in [3.63, 3.8) is 0 Å². The van der Waals surface area contributed by atoms with Gasteiger partial charge in [-0.25, -0.2) is 12.8 Å². The highest BCUT2D eigenvalue weighted by Gasteiger charge is 2.52. The Morgan fingerprint density at radius 2 is 2.05 bits per heavy atom. The molecular formula is C12H15FN2O3S. The molecule has 0 saturated carbocycles. The first-order valence-electron chi connectivity index (χ1n) is 6.07. The van der Waals surface area contributed by atoms with Gasteiger partial charge in [0.1, 0.15) is 5.82 Å². The summed E-state index contributed by atoms with van der Waals surface area (Å²) in [4.78, 5) is 0.0880. The number of fused-ring (bicyclic) bond motifs is 1. The van der Waals surface area contributed by atoms with Crippen LogP contribution in [0.3, 0.4) is 0 Å². The lowest BCUT2D eigenvalue weighted by atomic mass is 9.96. The van der Waals surface area contributed by atoms with E-state index in [0.29, 0.717) is 26.2 Å². The Labute approximate surface area is 111 Å². The van der Waals surface area contributed by atoms with Crippen molar-refractivity contribution in [3.05, 3.63) is 30.1 Å². The highest BCUT2D eigenvalue weighted by atomic mass is 32.2. The number of nitrogens with two attached hydrogens (primary N) is 1. The molecule has 2 saturated heterocycles. The molecule has 0 radical (unpaired) electrons. The van der Waals surface area contributed by atoms with E-state index in [4.69, 9.17) is 10.5 Å². The Hall–Kier alpha value is -1.02. The average Bonchev–Trinajstić information content (AvgIpc) is 2.86. The van der Waals surface area contributed by atoms with Crippen LogP contribution in [-0.2, 0) is 14.8 Å². The lowest BCUT2D eigenvalue weighted by Gasteiger charge is -2.26. The second kappa shape index (κ2) is 4.24. The topological polar surface area (TPSA) is 72.6 Å². The summed E-state index contributed by atoms with van der Waals surface area (Å²) in [5, 5.41) is 0. The normalized spacial score (nSPS) is 31.6. The fraction of sp³-hybridized carbons (Fsp3) is 0.500. The van der Waals surface area contributed by atoms with E-state index in [9.17, 15) is 12.8 Å². The first kappa shape index (κ1) is 13.0. The Morgan fingerprint density at radius 3 is 2.74 bits per heavy atom. The molecule has 19 heavy (non-hydrogen) atoms. The van der Waals surface area contributed by atoms with Gasteiger partial charge in [0.15, 0.2) is 0 Å². The number of rotatable bonds is 2. The smallest absolute Gasteiger partial charge is 0.243 e. The Balaban J connectivity index is 1.95. The molecule has 0 spiro atoms. The molecule has 5 nitrogen and oxygen atoms in total. The summed E-state index contributed by atoms with van der Waals surface area (Å²) in [6.45, 7) is 1.08. The van der Waals surface area contributed by atoms with E-state index >= 15 is 0 Å². The standard InChI is InChI=1S/C12H15FN2O3S/c13-9-1-3-10(4-2-9)19(16,17)15-6-5-12(14)8-18-7-11(12)15/h1-4,11H,5-8,14H2. The zero-order chi connectivity index (χ0) is 13.7. The van der Waals surface area contributed by atoms with Crippen LogP contribution in [0.1, 0.15) is 6.42 Å². The summed E-state index contributed by atoms with van der Waals surface area (Å²) in [5.41, 5.74) is 5.57. The Bertz CT molecular complexity index is 589. The minimum Gasteiger partial charge on any atom is -0.378 e. The fourth-order valence-electron chi connectivity index (χ4n) is 2.74. The largest absolute Gasteiger partial charge is 0.378 e. The third-order valence-corrected chi connectivity index (χ3v) is 5.80. The molecule has 2 atom stereocenters. The van der Waals surface area contributed by atoms with Crippen LogP contribution < -0.4 is 5.73 Å². The van der Waals surface area contributed by atoms with E-state index in [2.05, 4.69) is 0 Å². The van der Waals surface area contributed by atoms with E-state index in [0.717, 1.165) is 12.1 Å². The van der Waals surface area contributed by atoms with E-state index in [-0.39, 0.29) is 10.9 Å². The third-order valence-electron chi connectivity index (χ3n) is 3.88. The summed E-state index contributed by atoms with van der Waals surface area (Å²) in [6, 6.07) is 4.50. The first-order valence-corrected chi connectivity index (χ1v) is 7.51. The number of benzene rings is 1. The van der Waals surface area contributed by atoms with E-state index < -0.39 is 21.4 Å². The van der Waals surface area contributed by atoms with E-state index in [1.54, 1.807) is 0 Å². The first-order chi connectivity index (χ1) is 8.93. The number of hydrogen-bond donors (Lipinski definition) is 1.